The summed E-state index contributed by atoms with van der Waals surface area (Å²) in [5.74, 6) is 0. The van der Waals surface area contributed by atoms with Gasteiger partial charge >= 0.3 is 6.18 Å². The number of alkyl halides is 3. The number of rotatable bonds is 3. The summed E-state index contributed by atoms with van der Waals surface area (Å²) in [6, 6.07) is 10.3. The maximum atomic E-state index is 12.5. The van der Waals surface area contributed by atoms with Crippen LogP contribution in [0.3, 0.4) is 0 Å². The van der Waals surface area contributed by atoms with Gasteiger partial charge in [0.15, 0.2) is 0 Å². The van der Waals surface area contributed by atoms with Crippen molar-refractivity contribution in [2.45, 2.75) is 19.1 Å². The molecule has 2 rings (SSSR count). The smallest absolute Gasteiger partial charge is 0.377 e. The second kappa shape index (κ2) is 6.28. The first-order valence-electron chi connectivity index (χ1n) is 6.16. The van der Waals surface area contributed by atoms with E-state index in [2.05, 4.69) is 21.2 Å². The molecule has 0 amide bonds. The largest absolute Gasteiger partial charge is 0.416 e. The van der Waals surface area contributed by atoms with Crippen molar-refractivity contribution in [2.75, 3.05) is 5.32 Å². The monoisotopic (exact) mass is 377 g/mol. The minimum absolute atomic E-state index is 0.168. The predicted molar refractivity (Wildman–Crippen MR) is 82.6 cm³/mol. The Kier molecular flexibility index (Phi) is 4.84. The minimum atomic E-state index is -4.32. The highest BCUT2D eigenvalue weighted by Crippen LogP contribution is 2.32. The number of anilines is 1. The molecule has 0 radical (unpaired) electrons. The van der Waals surface area contributed by atoms with Gasteiger partial charge in [-0.2, -0.15) is 13.2 Å². The van der Waals surface area contributed by atoms with Crippen molar-refractivity contribution in [1.82, 2.24) is 0 Å². The van der Waals surface area contributed by atoms with Gasteiger partial charge in [-0.05, 0) is 42.8 Å². The van der Waals surface area contributed by atoms with Gasteiger partial charge in [-0.15, -0.1) is 0 Å². The van der Waals surface area contributed by atoms with Crippen LogP contribution in [-0.2, 0) is 6.18 Å². The van der Waals surface area contributed by atoms with E-state index in [0.717, 1.165) is 27.9 Å². The highest BCUT2D eigenvalue weighted by atomic mass is 79.9. The number of halogens is 5. The van der Waals surface area contributed by atoms with Crippen LogP contribution in [0.4, 0.5) is 18.9 Å². The van der Waals surface area contributed by atoms with Crippen LogP contribution < -0.4 is 5.32 Å². The van der Waals surface area contributed by atoms with E-state index in [1.54, 1.807) is 6.07 Å². The minimum Gasteiger partial charge on any atom is -0.377 e. The second-order valence-corrected chi connectivity index (χ2v) is 5.93. The lowest BCUT2D eigenvalue weighted by atomic mass is 10.1. The van der Waals surface area contributed by atoms with E-state index in [1.807, 2.05) is 19.1 Å². The molecule has 1 unspecified atom stereocenters. The molecule has 1 nitrogen and oxygen atoms in total. The third-order valence-electron chi connectivity index (χ3n) is 3.04. The Morgan fingerprint density at radius 3 is 2.29 bits per heavy atom. The summed E-state index contributed by atoms with van der Waals surface area (Å²) in [6.45, 7) is 1.86. The third-order valence-corrected chi connectivity index (χ3v) is 3.86. The van der Waals surface area contributed by atoms with Crippen LogP contribution in [0.15, 0.2) is 46.9 Å². The van der Waals surface area contributed by atoms with Gasteiger partial charge in [0, 0.05) is 10.5 Å². The molecule has 1 atom stereocenters. The molecule has 0 aliphatic carbocycles. The van der Waals surface area contributed by atoms with Crippen LogP contribution >= 0.6 is 27.5 Å². The Morgan fingerprint density at radius 1 is 1.10 bits per heavy atom. The van der Waals surface area contributed by atoms with Gasteiger partial charge < -0.3 is 5.32 Å². The Morgan fingerprint density at radius 2 is 1.71 bits per heavy atom. The molecule has 6 heteroatoms. The summed E-state index contributed by atoms with van der Waals surface area (Å²) in [4.78, 5) is 0. The second-order valence-electron chi connectivity index (χ2n) is 4.61. The molecule has 21 heavy (non-hydrogen) atoms. The molecule has 0 aliphatic rings. The van der Waals surface area contributed by atoms with Gasteiger partial charge in [0.05, 0.1) is 16.3 Å². The predicted octanol–water partition coefficient (Wildman–Crippen LogP) is 6.29. The van der Waals surface area contributed by atoms with Crippen LogP contribution in [-0.4, -0.2) is 0 Å². The van der Waals surface area contributed by atoms with Crippen molar-refractivity contribution in [3.63, 3.8) is 0 Å². The van der Waals surface area contributed by atoms with Crippen molar-refractivity contribution in [2.24, 2.45) is 0 Å². The van der Waals surface area contributed by atoms with E-state index in [1.165, 1.54) is 12.1 Å². The summed E-state index contributed by atoms with van der Waals surface area (Å²) in [5.41, 5.74) is 0.816. The molecular formula is C15H12BrClF3N. The molecular weight excluding hydrogens is 367 g/mol. The first kappa shape index (κ1) is 16.2. The van der Waals surface area contributed by atoms with Gasteiger partial charge in [-0.3, -0.25) is 0 Å². The summed E-state index contributed by atoms with van der Waals surface area (Å²) in [7, 11) is 0. The fourth-order valence-corrected chi connectivity index (χ4v) is 2.42. The molecule has 0 saturated carbocycles. The average molecular weight is 379 g/mol. The van der Waals surface area contributed by atoms with E-state index in [4.69, 9.17) is 11.6 Å². The van der Waals surface area contributed by atoms with Crippen LogP contribution in [0.5, 0.6) is 0 Å². The van der Waals surface area contributed by atoms with E-state index in [-0.39, 0.29) is 6.04 Å². The van der Waals surface area contributed by atoms with E-state index < -0.39 is 11.7 Å². The molecule has 0 bridgehead atoms. The maximum absolute atomic E-state index is 12.5. The molecule has 0 fully saturated rings. The molecule has 0 spiro atoms. The van der Waals surface area contributed by atoms with Gasteiger partial charge in [0.25, 0.3) is 0 Å². The van der Waals surface area contributed by atoms with Crippen LogP contribution in [0.2, 0.25) is 5.02 Å². The lowest BCUT2D eigenvalue weighted by Crippen LogP contribution is -2.09. The van der Waals surface area contributed by atoms with Crippen molar-refractivity contribution >= 4 is 33.2 Å². The highest BCUT2D eigenvalue weighted by molar-refractivity contribution is 9.10. The molecule has 2 aromatic rings. The summed E-state index contributed by atoms with van der Waals surface area (Å²) in [6.07, 6.45) is -4.32. The zero-order valence-electron chi connectivity index (χ0n) is 11.0. The summed E-state index contributed by atoms with van der Waals surface area (Å²) >= 11 is 9.43. The van der Waals surface area contributed by atoms with Gasteiger partial charge in [-0.1, -0.05) is 39.7 Å². The van der Waals surface area contributed by atoms with Gasteiger partial charge in [0.1, 0.15) is 0 Å². The van der Waals surface area contributed by atoms with Crippen LogP contribution in [0.1, 0.15) is 24.1 Å². The summed E-state index contributed by atoms with van der Waals surface area (Å²) in [5, 5.41) is 3.74. The zero-order chi connectivity index (χ0) is 15.6. The van der Waals surface area contributed by atoms with Crippen molar-refractivity contribution in [3.05, 3.63) is 63.1 Å². The highest BCUT2D eigenvalue weighted by Gasteiger charge is 2.30. The number of nitrogens with one attached hydrogen (secondary N) is 1. The number of hydrogen-bond donors (Lipinski definition) is 1. The fourth-order valence-electron chi connectivity index (χ4n) is 1.89. The standard InChI is InChI=1S/C15H12BrClF3N/c1-9(21-14-8-12(16)6-7-13(14)17)10-2-4-11(5-3-10)15(18,19)20/h2-9,21H,1H3. The Balaban J connectivity index is 2.17. The SMILES string of the molecule is CC(Nc1cc(Br)ccc1Cl)c1ccc(C(F)(F)F)cc1. The quantitative estimate of drug-likeness (QED) is 0.661. The van der Waals surface area contributed by atoms with Gasteiger partial charge in [0.2, 0.25) is 0 Å². The topological polar surface area (TPSA) is 12.0 Å². The Bertz CT molecular complexity index is 626. The van der Waals surface area contributed by atoms with E-state index in [0.29, 0.717) is 5.02 Å². The van der Waals surface area contributed by atoms with Gasteiger partial charge in [-0.25, -0.2) is 0 Å². The number of benzene rings is 2. The average Bonchev–Trinajstić information content (AvgIpc) is 2.42. The zero-order valence-corrected chi connectivity index (χ0v) is 13.4. The van der Waals surface area contributed by atoms with E-state index in [9.17, 15) is 13.2 Å². The molecule has 0 aromatic heterocycles. The van der Waals surface area contributed by atoms with Crippen molar-refractivity contribution in [3.8, 4) is 0 Å². The first-order chi connectivity index (χ1) is 9.77. The Labute approximate surface area is 134 Å². The normalized spacial score (nSPS) is 13.0. The first-order valence-corrected chi connectivity index (χ1v) is 7.33. The molecule has 0 heterocycles. The summed E-state index contributed by atoms with van der Waals surface area (Å²) < 4.78 is 38.4. The van der Waals surface area contributed by atoms with E-state index >= 15 is 0 Å². The van der Waals surface area contributed by atoms with Crippen LogP contribution in [0, 0.1) is 0 Å². The lowest BCUT2D eigenvalue weighted by Gasteiger charge is -2.18. The number of hydrogen-bond acceptors (Lipinski definition) is 1. The third kappa shape index (κ3) is 4.14. The van der Waals surface area contributed by atoms with Crippen LogP contribution in [0.25, 0.3) is 0 Å². The fraction of sp³-hybridized carbons (Fsp3) is 0.200. The Hall–Kier alpha value is -1.20. The molecule has 0 aliphatic heterocycles. The van der Waals surface area contributed by atoms with Crippen molar-refractivity contribution < 1.29 is 13.2 Å². The molecule has 112 valence electrons. The van der Waals surface area contributed by atoms with Crippen molar-refractivity contribution in [1.29, 1.82) is 0 Å². The molecule has 1 N–H and O–H groups in total. The molecule has 0 saturated heterocycles. The molecule has 2 aromatic carbocycles. The maximum Gasteiger partial charge on any atom is 0.416 e. The lowest BCUT2D eigenvalue weighted by molar-refractivity contribution is -0.137.